The van der Waals surface area contributed by atoms with Crippen LogP contribution in [0.3, 0.4) is 0 Å². The molecule has 1 N–H and O–H groups in total. The second-order valence-corrected chi connectivity index (χ2v) is 6.87. The number of sulfonamides is 1. The van der Waals surface area contributed by atoms with Crippen molar-refractivity contribution in [2.24, 2.45) is 0 Å². The number of aromatic nitrogens is 2. The fourth-order valence-corrected chi connectivity index (χ4v) is 3.92. The van der Waals surface area contributed by atoms with Gasteiger partial charge in [0.1, 0.15) is 5.76 Å². The summed E-state index contributed by atoms with van der Waals surface area (Å²) in [6.45, 7) is 1.48. The number of thiazole rings is 1. The van der Waals surface area contributed by atoms with E-state index in [9.17, 15) is 13.2 Å². The van der Waals surface area contributed by atoms with Crippen molar-refractivity contribution >= 4 is 26.3 Å². The molecule has 3 aromatic rings. The van der Waals surface area contributed by atoms with Gasteiger partial charge in [-0.05, 0) is 19.1 Å². The van der Waals surface area contributed by atoms with Gasteiger partial charge in [0.15, 0.2) is 9.86 Å². The third kappa shape index (κ3) is 2.50. The minimum Gasteiger partial charge on any atom is -0.468 e. The van der Waals surface area contributed by atoms with Crippen LogP contribution in [-0.2, 0) is 16.6 Å². The number of nitrogens with zero attached hydrogens (tertiary/aromatic N) is 2. The summed E-state index contributed by atoms with van der Waals surface area (Å²) in [5.74, 6) is 0.459. The quantitative estimate of drug-likeness (QED) is 0.776. The lowest BCUT2D eigenvalue weighted by atomic mass is 10.4. The Kier molecular flexibility index (Phi) is 3.40. The number of hydrogen-bond acceptors (Lipinski definition) is 6. The number of furan rings is 1. The highest BCUT2D eigenvalue weighted by atomic mass is 32.2. The van der Waals surface area contributed by atoms with Crippen LogP contribution in [0, 0.1) is 6.92 Å². The number of nitrogens with one attached hydrogen (secondary N) is 1. The number of fused-ring (bicyclic) bond motifs is 1. The number of rotatable bonds is 4. The summed E-state index contributed by atoms with van der Waals surface area (Å²) in [6, 6.07) is 3.30. The molecule has 0 unspecified atom stereocenters. The SMILES string of the molecule is Cc1nc2sccn2c(=O)c1S(=O)(=O)NCc1ccco1. The summed E-state index contributed by atoms with van der Waals surface area (Å²) >= 11 is 1.27. The van der Waals surface area contributed by atoms with Crippen LogP contribution >= 0.6 is 11.3 Å². The Morgan fingerprint density at radius 1 is 1.48 bits per heavy atom. The van der Waals surface area contributed by atoms with Gasteiger partial charge in [-0.25, -0.2) is 18.1 Å². The van der Waals surface area contributed by atoms with Crippen LogP contribution in [0.25, 0.3) is 4.96 Å². The first-order valence-corrected chi connectivity index (χ1v) is 8.34. The zero-order valence-electron chi connectivity index (χ0n) is 10.9. The summed E-state index contributed by atoms with van der Waals surface area (Å²) in [6.07, 6.45) is 2.95. The monoisotopic (exact) mass is 325 g/mol. The molecule has 21 heavy (non-hydrogen) atoms. The third-order valence-electron chi connectivity index (χ3n) is 2.88. The molecule has 0 amide bonds. The minimum absolute atomic E-state index is 0.0272. The first-order chi connectivity index (χ1) is 9.99. The van der Waals surface area contributed by atoms with Crippen molar-refractivity contribution in [2.45, 2.75) is 18.4 Å². The Morgan fingerprint density at radius 2 is 2.29 bits per heavy atom. The molecule has 9 heteroatoms. The Morgan fingerprint density at radius 3 is 3.00 bits per heavy atom. The normalized spacial score (nSPS) is 12.0. The highest BCUT2D eigenvalue weighted by Crippen LogP contribution is 2.13. The molecule has 0 bridgehead atoms. The van der Waals surface area contributed by atoms with Crippen LogP contribution in [0.1, 0.15) is 11.5 Å². The van der Waals surface area contributed by atoms with E-state index in [-0.39, 0.29) is 17.1 Å². The fourth-order valence-electron chi connectivity index (χ4n) is 1.93. The average molecular weight is 325 g/mol. The van der Waals surface area contributed by atoms with Crippen LogP contribution in [0.4, 0.5) is 0 Å². The van der Waals surface area contributed by atoms with Gasteiger partial charge in [0.05, 0.1) is 18.5 Å². The van der Waals surface area contributed by atoms with Crippen molar-refractivity contribution in [1.29, 1.82) is 0 Å². The minimum atomic E-state index is -3.97. The Bertz CT molecular complexity index is 939. The number of aryl methyl sites for hydroxylation is 1. The van der Waals surface area contributed by atoms with E-state index in [4.69, 9.17) is 4.42 Å². The highest BCUT2D eigenvalue weighted by molar-refractivity contribution is 7.89. The van der Waals surface area contributed by atoms with Crippen molar-refractivity contribution in [1.82, 2.24) is 14.1 Å². The summed E-state index contributed by atoms with van der Waals surface area (Å²) in [7, 11) is -3.97. The predicted octanol–water partition coefficient (Wildman–Crippen LogP) is 1.14. The molecule has 110 valence electrons. The Labute approximate surface area is 123 Å². The summed E-state index contributed by atoms with van der Waals surface area (Å²) in [5, 5.41) is 1.68. The zero-order valence-corrected chi connectivity index (χ0v) is 12.6. The van der Waals surface area contributed by atoms with Gasteiger partial charge in [-0.1, -0.05) is 0 Å². The predicted molar refractivity (Wildman–Crippen MR) is 76.8 cm³/mol. The van der Waals surface area contributed by atoms with Gasteiger partial charge in [-0.2, -0.15) is 0 Å². The lowest BCUT2D eigenvalue weighted by Gasteiger charge is -2.07. The molecule has 0 aliphatic carbocycles. The maximum absolute atomic E-state index is 12.3. The van der Waals surface area contributed by atoms with Gasteiger partial charge in [0.25, 0.3) is 5.56 Å². The molecular weight excluding hydrogens is 314 g/mol. The van der Waals surface area contributed by atoms with Gasteiger partial charge in [-0.3, -0.25) is 9.20 Å². The lowest BCUT2D eigenvalue weighted by Crippen LogP contribution is -2.31. The van der Waals surface area contributed by atoms with Crippen LogP contribution in [0.5, 0.6) is 0 Å². The van der Waals surface area contributed by atoms with E-state index in [1.165, 1.54) is 35.1 Å². The zero-order chi connectivity index (χ0) is 15.0. The second kappa shape index (κ2) is 5.10. The molecule has 3 heterocycles. The lowest BCUT2D eigenvalue weighted by molar-refractivity contribution is 0.498. The number of hydrogen-bond donors (Lipinski definition) is 1. The van der Waals surface area contributed by atoms with Crippen molar-refractivity contribution in [3.63, 3.8) is 0 Å². The molecule has 0 fully saturated rings. The highest BCUT2D eigenvalue weighted by Gasteiger charge is 2.24. The topological polar surface area (TPSA) is 93.7 Å². The van der Waals surface area contributed by atoms with E-state index >= 15 is 0 Å². The molecule has 0 spiro atoms. The van der Waals surface area contributed by atoms with E-state index in [1.54, 1.807) is 17.5 Å². The molecular formula is C12H11N3O4S2. The van der Waals surface area contributed by atoms with Crippen molar-refractivity contribution in [3.05, 3.63) is 51.8 Å². The van der Waals surface area contributed by atoms with Gasteiger partial charge < -0.3 is 4.42 Å². The first-order valence-electron chi connectivity index (χ1n) is 5.97. The average Bonchev–Trinajstić information content (AvgIpc) is 3.06. The van der Waals surface area contributed by atoms with E-state index in [0.717, 1.165) is 0 Å². The molecule has 0 aliphatic rings. The van der Waals surface area contributed by atoms with E-state index in [0.29, 0.717) is 10.7 Å². The van der Waals surface area contributed by atoms with Gasteiger partial charge >= 0.3 is 0 Å². The van der Waals surface area contributed by atoms with Crippen molar-refractivity contribution in [2.75, 3.05) is 0 Å². The maximum atomic E-state index is 12.3. The van der Waals surface area contributed by atoms with Gasteiger partial charge in [0, 0.05) is 11.6 Å². The van der Waals surface area contributed by atoms with Crippen LogP contribution < -0.4 is 10.3 Å². The Hall–Kier alpha value is -1.97. The summed E-state index contributed by atoms with van der Waals surface area (Å²) in [5.41, 5.74) is -0.430. The summed E-state index contributed by atoms with van der Waals surface area (Å²) in [4.78, 5) is 16.6. The summed E-state index contributed by atoms with van der Waals surface area (Å²) < 4.78 is 33.3. The van der Waals surface area contributed by atoms with Gasteiger partial charge in [0.2, 0.25) is 10.0 Å². The molecule has 0 radical (unpaired) electrons. The third-order valence-corrected chi connectivity index (χ3v) is 5.17. The van der Waals surface area contributed by atoms with E-state index in [1.807, 2.05) is 0 Å². The van der Waals surface area contributed by atoms with Crippen molar-refractivity contribution < 1.29 is 12.8 Å². The molecule has 0 aromatic carbocycles. The van der Waals surface area contributed by atoms with Crippen LogP contribution in [-0.4, -0.2) is 17.8 Å². The molecule has 3 rings (SSSR count). The smallest absolute Gasteiger partial charge is 0.279 e. The molecule has 7 nitrogen and oxygen atoms in total. The second-order valence-electron chi connectivity index (χ2n) is 4.29. The fraction of sp³-hybridized carbons (Fsp3) is 0.167. The van der Waals surface area contributed by atoms with Gasteiger partial charge in [-0.15, -0.1) is 11.3 Å². The molecule has 0 saturated carbocycles. The van der Waals surface area contributed by atoms with Crippen LogP contribution in [0.15, 0.2) is 44.1 Å². The van der Waals surface area contributed by atoms with E-state index < -0.39 is 15.6 Å². The molecule has 0 saturated heterocycles. The van der Waals surface area contributed by atoms with Crippen LogP contribution in [0.2, 0.25) is 0 Å². The van der Waals surface area contributed by atoms with Crippen molar-refractivity contribution in [3.8, 4) is 0 Å². The standard InChI is InChI=1S/C12H11N3O4S2/c1-8-10(11(16)15-4-6-20-12(15)14-8)21(17,18)13-7-9-3-2-5-19-9/h2-6,13H,7H2,1H3. The molecule has 0 aliphatic heterocycles. The molecule has 0 atom stereocenters. The maximum Gasteiger partial charge on any atom is 0.279 e. The Balaban J connectivity index is 2.04. The largest absolute Gasteiger partial charge is 0.468 e. The van der Waals surface area contributed by atoms with E-state index in [2.05, 4.69) is 9.71 Å². The first kappa shape index (κ1) is 14.0. The molecule has 3 aromatic heterocycles.